The predicted octanol–water partition coefficient (Wildman–Crippen LogP) is 3.30. The van der Waals surface area contributed by atoms with Crippen LogP contribution >= 0.6 is 0 Å². The van der Waals surface area contributed by atoms with E-state index in [0.29, 0.717) is 17.0 Å². The SMILES string of the molecule is COc1nc(N(C(=O)OC(C)(C)C)C(=O)OC(C)(C)C)nc2ncn(CC[C@@H]3CO3)c12. The molecule has 0 aromatic carbocycles. The number of anilines is 1. The standard InChI is InChI=1S/C20H29N5O6/c1-19(2,3)30-17(26)25(18(27)31-20(4,5)6)16-22-14-13(15(23-16)28-7)24(11-21-14)9-8-12-10-29-12/h11-12H,8-10H2,1-7H3/t12-/m1/s1. The largest absolute Gasteiger partial charge is 0.479 e. The molecule has 11 nitrogen and oxygen atoms in total. The summed E-state index contributed by atoms with van der Waals surface area (Å²) in [5.41, 5.74) is -0.869. The van der Waals surface area contributed by atoms with Crippen LogP contribution < -0.4 is 9.64 Å². The van der Waals surface area contributed by atoms with E-state index in [1.54, 1.807) is 47.9 Å². The summed E-state index contributed by atoms with van der Waals surface area (Å²) in [5, 5.41) is 0. The smallest absolute Gasteiger partial charge is 0.427 e. The maximum atomic E-state index is 12.9. The average Bonchev–Trinajstić information content (AvgIpc) is 3.35. The van der Waals surface area contributed by atoms with Crippen LogP contribution in [0.4, 0.5) is 15.5 Å². The van der Waals surface area contributed by atoms with Crippen LogP contribution in [0.1, 0.15) is 48.0 Å². The molecular formula is C20H29N5O6. The third kappa shape index (κ3) is 5.81. The number of carbonyl (C=O) groups excluding carboxylic acids is 2. The number of imidazole rings is 1. The zero-order chi connectivity index (χ0) is 23.0. The minimum absolute atomic E-state index is 0.173. The number of amides is 2. The van der Waals surface area contributed by atoms with Gasteiger partial charge in [0.1, 0.15) is 11.2 Å². The van der Waals surface area contributed by atoms with Crippen LogP contribution in [0.15, 0.2) is 6.33 Å². The minimum atomic E-state index is -0.964. The van der Waals surface area contributed by atoms with Gasteiger partial charge in [-0.3, -0.25) is 0 Å². The molecule has 3 rings (SSSR count). The van der Waals surface area contributed by atoms with Gasteiger partial charge in [0.15, 0.2) is 11.2 Å². The zero-order valence-electron chi connectivity index (χ0n) is 19.0. The monoisotopic (exact) mass is 435 g/mol. The van der Waals surface area contributed by atoms with E-state index in [-0.39, 0.29) is 23.6 Å². The first-order chi connectivity index (χ1) is 14.4. The van der Waals surface area contributed by atoms with Crippen LogP contribution in [0.2, 0.25) is 0 Å². The molecule has 2 aromatic rings. The maximum absolute atomic E-state index is 12.9. The van der Waals surface area contributed by atoms with E-state index in [2.05, 4.69) is 15.0 Å². The fourth-order valence-corrected chi connectivity index (χ4v) is 2.72. The second kappa shape index (κ2) is 8.29. The molecule has 170 valence electrons. The molecule has 0 aliphatic carbocycles. The summed E-state index contributed by atoms with van der Waals surface area (Å²) in [7, 11) is 1.44. The third-order valence-electron chi connectivity index (χ3n) is 4.07. The number of epoxide rings is 1. The van der Waals surface area contributed by atoms with Crippen LogP contribution in [0.5, 0.6) is 5.88 Å². The first-order valence-corrected chi connectivity index (χ1v) is 10.0. The summed E-state index contributed by atoms with van der Waals surface area (Å²) in [6, 6.07) is 0. The van der Waals surface area contributed by atoms with Crippen LogP contribution in [0.25, 0.3) is 11.2 Å². The Morgan fingerprint density at radius 3 is 2.19 bits per heavy atom. The molecule has 1 aliphatic heterocycles. The van der Waals surface area contributed by atoms with Crippen molar-refractivity contribution in [2.75, 3.05) is 18.6 Å². The number of ether oxygens (including phenoxy) is 4. The lowest BCUT2D eigenvalue weighted by molar-refractivity contribution is 0.0427. The molecule has 0 bridgehead atoms. The highest BCUT2D eigenvalue weighted by atomic mass is 16.6. The molecule has 3 heterocycles. The fourth-order valence-electron chi connectivity index (χ4n) is 2.72. The van der Waals surface area contributed by atoms with E-state index in [1.807, 2.05) is 4.57 Å². The Hall–Kier alpha value is -2.95. The normalized spacial score (nSPS) is 16.2. The Morgan fingerprint density at radius 2 is 1.71 bits per heavy atom. The van der Waals surface area contributed by atoms with Gasteiger partial charge >= 0.3 is 12.2 Å². The number of nitrogens with zero attached hydrogens (tertiary/aromatic N) is 5. The van der Waals surface area contributed by atoms with Gasteiger partial charge in [-0.1, -0.05) is 0 Å². The van der Waals surface area contributed by atoms with Gasteiger partial charge in [0, 0.05) is 6.54 Å². The number of imide groups is 1. The molecule has 1 fully saturated rings. The van der Waals surface area contributed by atoms with Gasteiger partial charge in [0.05, 0.1) is 26.1 Å². The maximum Gasteiger partial charge on any atom is 0.427 e. The van der Waals surface area contributed by atoms with Crippen molar-refractivity contribution in [3.8, 4) is 5.88 Å². The molecule has 0 radical (unpaired) electrons. The topological polar surface area (TPSA) is 121 Å². The van der Waals surface area contributed by atoms with Gasteiger partial charge in [-0.15, -0.1) is 4.90 Å². The van der Waals surface area contributed by atoms with Crippen molar-refractivity contribution < 1.29 is 28.5 Å². The zero-order valence-corrected chi connectivity index (χ0v) is 19.0. The van der Waals surface area contributed by atoms with Gasteiger partial charge in [0.2, 0.25) is 11.8 Å². The number of carbonyl (C=O) groups is 2. The summed E-state index contributed by atoms with van der Waals surface area (Å²) in [6.07, 6.45) is 0.748. The average molecular weight is 435 g/mol. The third-order valence-corrected chi connectivity index (χ3v) is 4.07. The van der Waals surface area contributed by atoms with Crippen LogP contribution in [0, 0.1) is 0 Å². The molecule has 2 amide bonds. The lowest BCUT2D eigenvalue weighted by Crippen LogP contribution is -2.44. The van der Waals surface area contributed by atoms with Gasteiger partial charge in [-0.2, -0.15) is 9.97 Å². The molecule has 0 N–H and O–H groups in total. The van der Waals surface area contributed by atoms with Crippen molar-refractivity contribution in [1.82, 2.24) is 19.5 Å². The number of hydrogen-bond donors (Lipinski definition) is 0. The number of aromatic nitrogens is 4. The highest BCUT2D eigenvalue weighted by Gasteiger charge is 2.36. The van der Waals surface area contributed by atoms with E-state index in [1.165, 1.54) is 7.11 Å². The van der Waals surface area contributed by atoms with E-state index in [9.17, 15) is 9.59 Å². The Labute approximate surface area is 180 Å². The summed E-state index contributed by atoms with van der Waals surface area (Å²) >= 11 is 0. The van der Waals surface area contributed by atoms with E-state index in [0.717, 1.165) is 13.0 Å². The van der Waals surface area contributed by atoms with Crippen molar-refractivity contribution >= 4 is 29.3 Å². The Kier molecular flexibility index (Phi) is 6.08. The molecule has 0 saturated carbocycles. The highest BCUT2D eigenvalue weighted by molar-refractivity contribution is 6.08. The van der Waals surface area contributed by atoms with Crippen molar-refractivity contribution in [3.05, 3.63) is 6.33 Å². The molecule has 31 heavy (non-hydrogen) atoms. The van der Waals surface area contributed by atoms with Gasteiger partial charge in [-0.25, -0.2) is 14.6 Å². The van der Waals surface area contributed by atoms with Crippen molar-refractivity contribution in [2.45, 2.75) is 71.8 Å². The number of fused-ring (bicyclic) bond motifs is 1. The van der Waals surface area contributed by atoms with Gasteiger partial charge in [-0.05, 0) is 48.0 Å². The number of hydrogen-bond acceptors (Lipinski definition) is 9. The summed E-state index contributed by atoms with van der Waals surface area (Å²) < 4.78 is 23.3. The van der Waals surface area contributed by atoms with Crippen molar-refractivity contribution in [2.24, 2.45) is 0 Å². The number of methoxy groups -OCH3 is 1. The molecule has 2 aromatic heterocycles. The Balaban J connectivity index is 2.01. The summed E-state index contributed by atoms with van der Waals surface area (Å²) in [6.45, 7) is 11.5. The van der Waals surface area contributed by atoms with Crippen LogP contribution in [-0.4, -0.2) is 62.7 Å². The van der Waals surface area contributed by atoms with E-state index in [4.69, 9.17) is 18.9 Å². The molecule has 1 aliphatic rings. The lowest BCUT2D eigenvalue weighted by atomic mass is 10.2. The van der Waals surface area contributed by atoms with Crippen LogP contribution in [0.3, 0.4) is 0 Å². The summed E-state index contributed by atoms with van der Waals surface area (Å²) in [5.74, 6) is -0.0741. The molecule has 0 unspecified atom stereocenters. The number of rotatable bonds is 5. The Bertz CT molecular complexity index is 943. The van der Waals surface area contributed by atoms with E-state index >= 15 is 0 Å². The van der Waals surface area contributed by atoms with E-state index < -0.39 is 23.4 Å². The van der Waals surface area contributed by atoms with Crippen molar-refractivity contribution in [1.29, 1.82) is 0 Å². The predicted molar refractivity (Wildman–Crippen MR) is 111 cm³/mol. The molecule has 1 atom stereocenters. The molecule has 11 heteroatoms. The van der Waals surface area contributed by atoms with Gasteiger partial charge < -0.3 is 23.5 Å². The second-order valence-electron chi connectivity index (χ2n) is 9.18. The fraction of sp³-hybridized carbons (Fsp3) is 0.650. The quantitative estimate of drug-likeness (QED) is 0.651. The minimum Gasteiger partial charge on any atom is -0.479 e. The number of aryl methyl sites for hydroxylation is 1. The molecule has 1 saturated heterocycles. The van der Waals surface area contributed by atoms with Crippen molar-refractivity contribution in [3.63, 3.8) is 0 Å². The molecule has 0 spiro atoms. The first-order valence-electron chi connectivity index (χ1n) is 10.0. The summed E-state index contributed by atoms with van der Waals surface area (Å²) in [4.78, 5) is 39.3. The Morgan fingerprint density at radius 1 is 1.13 bits per heavy atom. The molecular weight excluding hydrogens is 406 g/mol. The highest BCUT2D eigenvalue weighted by Crippen LogP contribution is 2.28. The first kappa shape index (κ1) is 22.7. The van der Waals surface area contributed by atoms with Crippen LogP contribution in [-0.2, 0) is 20.8 Å². The van der Waals surface area contributed by atoms with Gasteiger partial charge in [0.25, 0.3) is 0 Å². The lowest BCUT2D eigenvalue weighted by Gasteiger charge is -2.27. The second-order valence-corrected chi connectivity index (χ2v) is 9.18.